The second-order valence-corrected chi connectivity index (χ2v) is 4.48. The third-order valence-electron chi connectivity index (χ3n) is 2.98. The number of aromatic nitrogens is 3. The third-order valence-corrected chi connectivity index (χ3v) is 2.98. The van der Waals surface area contributed by atoms with Crippen LogP contribution in [0, 0.1) is 0 Å². The van der Waals surface area contributed by atoms with E-state index in [4.69, 9.17) is 9.63 Å². The van der Waals surface area contributed by atoms with E-state index in [0.717, 1.165) is 24.1 Å². The molecule has 0 radical (unpaired) electrons. The molecule has 2 aromatic rings. The van der Waals surface area contributed by atoms with E-state index in [-0.39, 0.29) is 6.42 Å². The molecule has 2 heterocycles. The average molecular weight is 275 g/mol. The van der Waals surface area contributed by atoms with Gasteiger partial charge in [0.05, 0.1) is 0 Å². The van der Waals surface area contributed by atoms with Crippen LogP contribution < -0.4 is 0 Å². The Morgan fingerprint density at radius 3 is 3.00 bits per heavy atom. The Balaban J connectivity index is 2.00. The molecule has 0 aliphatic rings. The Morgan fingerprint density at radius 1 is 1.40 bits per heavy atom. The molecule has 0 bridgehead atoms. The van der Waals surface area contributed by atoms with Crippen LogP contribution in [0.5, 0.6) is 0 Å². The van der Waals surface area contributed by atoms with E-state index in [9.17, 15) is 4.79 Å². The molecule has 0 saturated carbocycles. The highest BCUT2D eigenvalue weighted by molar-refractivity contribution is 5.66. The normalized spacial score (nSPS) is 10.7. The maximum atomic E-state index is 10.4. The van der Waals surface area contributed by atoms with Crippen molar-refractivity contribution in [3.8, 4) is 11.5 Å². The summed E-state index contributed by atoms with van der Waals surface area (Å²) in [4.78, 5) is 19.0. The van der Waals surface area contributed by atoms with Gasteiger partial charge in [0.25, 0.3) is 0 Å². The molecule has 0 atom stereocenters. The first-order valence-corrected chi connectivity index (χ1v) is 6.69. The van der Waals surface area contributed by atoms with Crippen LogP contribution in [0.2, 0.25) is 0 Å². The number of rotatable bonds is 7. The molecule has 1 N–H and O–H groups in total. The predicted octanol–water partition coefficient (Wildman–Crippen LogP) is 2.49. The summed E-state index contributed by atoms with van der Waals surface area (Å²) >= 11 is 0. The van der Waals surface area contributed by atoms with Crippen molar-refractivity contribution in [1.29, 1.82) is 0 Å². The van der Waals surface area contributed by atoms with Crippen molar-refractivity contribution in [3.63, 3.8) is 0 Å². The Morgan fingerprint density at radius 2 is 2.25 bits per heavy atom. The Kier molecular flexibility index (Phi) is 4.81. The molecule has 6 nitrogen and oxygen atoms in total. The summed E-state index contributed by atoms with van der Waals surface area (Å²) in [7, 11) is 0. The fourth-order valence-electron chi connectivity index (χ4n) is 1.93. The van der Waals surface area contributed by atoms with Crippen molar-refractivity contribution in [1.82, 2.24) is 15.1 Å². The van der Waals surface area contributed by atoms with Gasteiger partial charge in [-0.25, -0.2) is 0 Å². The van der Waals surface area contributed by atoms with Crippen molar-refractivity contribution in [2.45, 2.75) is 39.0 Å². The number of pyridine rings is 1. The van der Waals surface area contributed by atoms with E-state index in [1.165, 1.54) is 0 Å². The van der Waals surface area contributed by atoms with Crippen LogP contribution in [0.25, 0.3) is 11.5 Å². The number of carboxylic acids is 1. The van der Waals surface area contributed by atoms with Gasteiger partial charge < -0.3 is 9.63 Å². The van der Waals surface area contributed by atoms with Crippen molar-refractivity contribution in [2.75, 3.05) is 0 Å². The summed E-state index contributed by atoms with van der Waals surface area (Å²) in [5, 5.41) is 12.5. The number of hydrogen-bond donors (Lipinski definition) is 1. The number of nitrogens with zero attached hydrogens (tertiary/aromatic N) is 3. The molecule has 0 fully saturated rings. The maximum Gasteiger partial charge on any atom is 0.303 e. The largest absolute Gasteiger partial charge is 0.481 e. The summed E-state index contributed by atoms with van der Waals surface area (Å²) in [6, 6.07) is 3.88. The average Bonchev–Trinajstić information content (AvgIpc) is 2.92. The number of aryl methyl sites for hydroxylation is 2. The van der Waals surface area contributed by atoms with Crippen LogP contribution >= 0.6 is 0 Å². The first-order chi connectivity index (χ1) is 9.70. The minimum absolute atomic E-state index is 0.168. The zero-order valence-corrected chi connectivity index (χ0v) is 11.4. The van der Waals surface area contributed by atoms with E-state index in [1.54, 1.807) is 6.20 Å². The molecule has 0 amide bonds. The Bertz CT molecular complexity index is 581. The lowest BCUT2D eigenvalue weighted by Crippen LogP contribution is -1.95. The van der Waals surface area contributed by atoms with Gasteiger partial charge in [-0.1, -0.05) is 18.1 Å². The van der Waals surface area contributed by atoms with Gasteiger partial charge in [0.2, 0.25) is 11.7 Å². The number of hydrogen-bond acceptors (Lipinski definition) is 5. The van der Waals surface area contributed by atoms with E-state index >= 15 is 0 Å². The van der Waals surface area contributed by atoms with Gasteiger partial charge in [-0.3, -0.25) is 9.78 Å². The minimum atomic E-state index is -0.780. The lowest BCUT2D eigenvalue weighted by Gasteiger charge is -2.00. The molecule has 20 heavy (non-hydrogen) atoms. The van der Waals surface area contributed by atoms with Gasteiger partial charge in [-0.05, 0) is 30.9 Å². The molecule has 2 rings (SSSR count). The van der Waals surface area contributed by atoms with Gasteiger partial charge in [-0.15, -0.1) is 0 Å². The highest BCUT2D eigenvalue weighted by Crippen LogP contribution is 2.19. The number of unbranched alkanes of at least 4 members (excludes halogenated alkanes) is 1. The molecule has 106 valence electrons. The smallest absolute Gasteiger partial charge is 0.303 e. The van der Waals surface area contributed by atoms with E-state index in [2.05, 4.69) is 15.1 Å². The second-order valence-electron chi connectivity index (χ2n) is 4.48. The quantitative estimate of drug-likeness (QED) is 0.781. The van der Waals surface area contributed by atoms with E-state index < -0.39 is 5.97 Å². The fourth-order valence-corrected chi connectivity index (χ4v) is 1.93. The summed E-state index contributed by atoms with van der Waals surface area (Å²) < 4.78 is 5.18. The van der Waals surface area contributed by atoms with Crippen LogP contribution in [0.1, 0.15) is 37.6 Å². The van der Waals surface area contributed by atoms with Crippen molar-refractivity contribution in [2.24, 2.45) is 0 Å². The van der Waals surface area contributed by atoms with Gasteiger partial charge in [0.1, 0.15) is 5.69 Å². The zero-order valence-electron chi connectivity index (χ0n) is 11.4. The van der Waals surface area contributed by atoms with Crippen LogP contribution in [-0.4, -0.2) is 26.2 Å². The summed E-state index contributed by atoms with van der Waals surface area (Å²) in [6.45, 7) is 2.05. The molecule has 2 aromatic heterocycles. The van der Waals surface area contributed by atoms with Crippen LogP contribution in [0.3, 0.4) is 0 Å². The monoisotopic (exact) mass is 275 g/mol. The van der Waals surface area contributed by atoms with E-state index in [1.807, 2.05) is 19.1 Å². The highest BCUT2D eigenvalue weighted by Gasteiger charge is 2.12. The second kappa shape index (κ2) is 6.79. The van der Waals surface area contributed by atoms with Gasteiger partial charge >= 0.3 is 5.97 Å². The molecular formula is C14H17N3O3. The summed E-state index contributed by atoms with van der Waals surface area (Å²) in [6.07, 6.45) is 4.65. The van der Waals surface area contributed by atoms with Crippen molar-refractivity contribution >= 4 is 5.97 Å². The summed E-state index contributed by atoms with van der Waals surface area (Å²) in [5.74, 6) is 0.242. The lowest BCUT2D eigenvalue weighted by molar-refractivity contribution is -0.137. The third kappa shape index (κ3) is 3.63. The highest BCUT2D eigenvalue weighted by atomic mass is 16.5. The van der Waals surface area contributed by atoms with Crippen LogP contribution in [0.15, 0.2) is 22.9 Å². The molecule has 6 heteroatoms. The predicted molar refractivity (Wildman–Crippen MR) is 72.1 cm³/mol. The summed E-state index contributed by atoms with van der Waals surface area (Å²) in [5.41, 5.74) is 1.82. The van der Waals surface area contributed by atoms with Gasteiger partial charge in [0, 0.05) is 19.0 Å². The van der Waals surface area contributed by atoms with Gasteiger partial charge in [-0.2, -0.15) is 4.98 Å². The van der Waals surface area contributed by atoms with Crippen molar-refractivity contribution < 1.29 is 14.4 Å². The molecule has 0 saturated heterocycles. The van der Waals surface area contributed by atoms with Crippen LogP contribution in [-0.2, 0) is 17.6 Å². The van der Waals surface area contributed by atoms with Gasteiger partial charge in [0.15, 0.2) is 0 Å². The van der Waals surface area contributed by atoms with Crippen LogP contribution in [0.4, 0.5) is 0 Å². The molecular weight excluding hydrogens is 258 g/mol. The first kappa shape index (κ1) is 14.2. The SMILES string of the molecule is CCc1cccnc1-c1noc(CCCCC(=O)O)n1. The number of aliphatic carboxylic acids is 1. The lowest BCUT2D eigenvalue weighted by atomic mass is 10.1. The first-order valence-electron chi connectivity index (χ1n) is 6.69. The molecule has 0 aliphatic carbocycles. The topological polar surface area (TPSA) is 89.1 Å². The fraction of sp³-hybridized carbons (Fsp3) is 0.429. The van der Waals surface area contributed by atoms with E-state index in [0.29, 0.717) is 24.6 Å². The molecule has 0 aromatic carbocycles. The standard InChI is InChI=1S/C14H17N3O3/c1-2-10-6-5-9-15-13(10)14-16-11(20-17-14)7-3-4-8-12(18)19/h5-6,9H,2-4,7-8H2,1H3,(H,18,19). The Hall–Kier alpha value is -2.24. The molecule has 0 unspecified atom stereocenters. The zero-order chi connectivity index (χ0) is 14.4. The maximum absolute atomic E-state index is 10.4. The van der Waals surface area contributed by atoms with Crippen molar-refractivity contribution in [3.05, 3.63) is 29.8 Å². The molecule has 0 spiro atoms. The Labute approximate surface area is 116 Å². The number of carboxylic acid groups (broad SMARTS) is 1. The number of carbonyl (C=O) groups is 1. The minimum Gasteiger partial charge on any atom is -0.481 e. The molecule has 0 aliphatic heterocycles.